The molecule has 0 bridgehead atoms. The lowest BCUT2D eigenvalue weighted by Gasteiger charge is -2.06. The van der Waals surface area contributed by atoms with Crippen LogP contribution in [0.15, 0.2) is 46.5 Å². The highest BCUT2D eigenvalue weighted by Crippen LogP contribution is 2.17. The van der Waals surface area contributed by atoms with Gasteiger partial charge >= 0.3 is 0 Å². The number of methoxy groups -OCH3 is 1. The van der Waals surface area contributed by atoms with E-state index in [1.54, 1.807) is 19.3 Å². The van der Waals surface area contributed by atoms with Crippen molar-refractivity contribution in [1.82, 2.24) is 9.55 Å². The van der Waals surface area contributed by atoms with Gasteiger partial charge in [0.15, 0.2) is 0 Å². The number of aromatic amines is 1. The van der Waals surface area contributed by atoms with Crippen molar-refractivity contribution in [3.8, 4) is 5.75 Å². The van der Waals surface area contributed by atoms with Crippen LogP contribution in [-0.4, -0.2) is 16.7 Å². The van der Waals surface area contributed by atoms with E-state index in [1.165, 1.54) is 36.7 Å². The third-order valence-electron chi connectivity index (χ3n) is 5.15. The van der Waals surface area contributed by atoms with Gasteiger partial charge in [0, 0.05) is 12.1 Å². The molecular formula is C25H34N2O3. The maximum atomic E-state index is 13.0. The molecule has 0 atom stereocenters. The Hall–Kier alpha value is -2.82. The van der Waals surface area contributed by atoms with E-state index in [1.807, 2.05) is 30.3 Å². The van der Waals surface area contributed by atoms with E-state index in [0.717, 1.165) is 24.8 Å². The third kappa shape index (κ3) is 6.61. The fraction of sp³-hybridized carbons (Fsp3) is 0.440. The summed E-state index contributed by atoms with van der Waals surface area (Å²) in [6.45, 7) is 6.22. The molecule has 0 aliphatic rings. The van der Waals surface area contributed by atoms with E-state index in [-0.39, 0.29) is 23.0 Å². The second-order valence-corrected chi connectivity index (χ2v) is 7.46. The van der Waals surface area contributed by atoms with E-state index in [4.69, 9.17) is 4.74 Å². The summed E-state index contributed by atoms with van der Waals surface area (Å²) in [6, 6.07) is 7.39. The first-order chi connectivity index (χ1) is 14.6. The summed E-state index contributed by atoms with van der Waals surface area (Å²) >= 11 is 0. The highest BCUT2D eigenvalue weighted by atomic mass is 16.5. The van der Waals surface area contributed by atoms with Crippen LogP contribution in [0, 0.1) is 0 Å². The molecule has 1 aromatic carbocycles. The maximum absolute atomic E-state index is 13.0. The van der Waals surface area contributed by atoms with Crippen LogP contribution in [0.3, 0.4) is 0 Å². The Bertz CT molecular complexity index is 1050. The molecule has 30 heavy (non-hydrogen) atoms. The van der Waals surface area contributed by atoms with Gasteiger partial charge in [-0.05, 0) is 25.0 Å². The van der Waals surface area contributed by atoms with Gasteiger partial charge < -0.3 is 9.72 Å². The van der Waals surface area contributed by atoms with Gasteiger partial charge in [0.05, 0.1) is 7.11 Å². The summed E-state index contributed by atoms with van der Waals surface area (Å²) in [6.07, 6.45) is 14.4. The number of nitrogens with zero attached hydrogens (tertiary/aromatic N) is 1. The zero-order valence-electron chi connectivity index (χ0n) is 18.3. The molecule has 2 aromatic rings. The van der Waals surface area contributed by atoms with Crippen LogP contribution in [0.2, 0.25) is 0 Å². The molecule has 0 fully saturated rings. The molecule has 162 valence electrons. The predicted octanol–water partition coefficient (Wildman–Crippen LogP) is 3.48. The Balaban J connectivity index is 2.30. The highest BCUT2D eigenvalue weighted by molar-refractivity contribution is 5.56. The minimum Gasteiger partial charge on any atom is -0.496 e. The van der Waals surface area contributed by atoms with Crippen LogP contribution in [0.1, 0.15) is 63.9 Å². The van der Waals surface area contributed by atoms with Crippen LogP contribution >= 0.6 is 0 Å². The highest BCUT2D eigenvalue weighted by Gasteiger charge is 2.06. The minimum absolute atomic E-state index is 0.210. The Morgan fingerprint density at radius 2 is 1.77 bits per heavy atom. The molecule has 0 aliphatic carbocycles. The molecule has 1 N–H and O–H groups in total. The molecule has 0 radical (unpaired) electrons. The molecule has 0 saturated carbocycles. The summed E-state index contributed by atoms with van der Waals surface area (Å²) in [4.78, 5) is 28.5. The van der Waals surface area contributed by atoms with Crippen molar-refractivity contribution in [2.45, 2.75) is 64.8 Å². The fourth-order valence-electron chi connectivity index (χ4n) is 3.49. The summed E-state index contributed by atoms with van der Waals surface area (Å²) in [5.41, 5.74) is 0.231. The minimum atomic E-state index is -0.298. The van der Waals surface area contributed by atoms with Crippen molar-refractivity contribution in [2.24, 2.45) is 0 Å². The lowest BCUT2D eigenvalue weighted by molar-refractivity contribution is 0.414. The summed E-state index contributed by atoms with van der Waals surface area (Å²) in [5, 5.41) is 0.641. The Kier molecular flexibility index (Phi) is 9.92. The number of nitrogens with one attached hydrogen (secondary N) is 1. The molecular weight excluding hydrogens is 376 g/mol. The van der Waals surface area contributed by atoms with Crippen molar-refractivity contribution in [3.05, 3.63) is 73.9 Å². The van der Waals surface area contributed by atoms with E-state index in [2.05, 4.69) is 18.5 Å². The number of para-hydroxylation sites is 1. The largest absolute Gasteiger partial charge is 0.496 e. The average molecular weight is 411 g/mol. The first-order valence-corrected chi connectivity index (χ1v) is 10.9. The number of hydrogen-bond donors (Lipinski definition) is 1. The number of allylic oxidation sites excluding steroid dienone is 1. The summed E-state index contributed by atoms with van der Waals surface area (Å²) in [5.74, 6) is 0.643. The van der Waals surface area contributed by atoms with Crippen LogP contribution in [0.5, 0.6) is 5.75 Å². The molecule has 1 heterocycles. The molecule has 0 amide bonds. The summed E-state index contributed by atoms with van der Waals surface area (Å²) in [7, 11) is 1.58. The zero-order chi connectivity index (χ0) is 21.8. The van der Waals surface area contributed by atoms with Crippen LogP contribution in [0.25, 0.3) is 12.2 Å². The molecule has 2 rings (SSSR count). The van der Waals surface area contributed by atoms with Gasteiger partial charge in [-0.25, -0.2) is 0 Å². The quantitative estimate of drug-likeness (QED) is 0.430. The van der Waals surface area contributed by atoms with Gasteiger partial charge in [0.25, 0.3) is 11.1 Å². The van der Waals surface area contributed by atoms with Gasteiger partial charge in [0.1, 0.15) is 16.4 Å². The Morgan fingerprint density at radius 3 is 2.47 bits per heavy atom. The topological polar surface area (TPSA) is 64.1 Å². The number of unbranched alkanes of at least 4 members (excludes halogenated alkanes) is 7. The molecule has 1 aromatic heterocycles. The number of benzene rings is 1. The first-order valence-electron chi connectivity index (χ1n) is 10.9. The van der Waals surface area contributed by atoms with Crippen molar-refractivity contribution >= 4 is 12.2 Å². The monoisotopic (exact) mass is 410 g/mol. The Morgan fingerprint density at radius 1 is 1.07 bits per heavy atom. The molecule has 5 heteroatoms. The van der Waals surface area contributed by atoms with E-state index < -0.39 is 0 Å². The second kappa shape index (κ2) is 12.7. The van der Waals surface area contributed by atoms with E-state index in [0.29, 0.717) is 11.1 Å². The van der Waals surface area contributed by atoms with Crippen molar-refractivity contribution in [3.63, 3.8) is 0 Å². The van der Waals surface area contributed by atoms with Gasteiger partial charge in [-0.2, -0.15) is 0 Å². The van der Waals surface area contributed by atoms with Crippen molar-refractivity contribution < 1.29 is 4.74 Å². The lowest BCUT2D eigenvalue weighted by atomic mass is 10.1. The molecule has 5 nitrogen and oxygen atoms in total. The molecule has 0 spiro atoms. The standard InChI is InChI=1S/C25H34N2O3/c1-4-6-7-8-9-10-11-12-16-21-25(29)27(18-5-2)22(24(28)26-21)19-20-15-13-14-17-23(20)30-3/h5,13-17,19H,2,4,6-12,18H2,1,3H3,(H,26,28)/b21-16-,22-19-. The predicted molar refractivity (Wildman–Crippen MR) is 124 cm³/mol. The number of rotatable bonds is 12. The SMILES string of the molecule is C=CCn1c(=O)/c(=C/CCCCCCCCC)[nH]c(=O)/c1=C/c1ccccc1OC. The Labute approximate surface area is 178 Å². The summed E-state index contributed by atoms with van der Waals surface area (Å²) < 4.78 is 6.83. The van der Waals surface area contributed by atoms with Crippen molar-refractivity contribution in [1.29, 1.82) is 0 Å². The molecule has 0 saturated heterocycles. The maximum Gasteiger partial charge on any atom is 0.274 e. The zero-order valence-corrected chi connectivity index (χ0v) is 18.3. The number of hydrogen-bond acceptors (Lipinski definition) is 3. The molecule has 0 aliphatic heterocycles. The third-order valence-corrected chi connectivity index (χ3v) is 5.15. The smallest absolute Gasteiger partial charge is 0.274 e. The van der Waals surface area contributed by atoms with E-state index in [9.17, 15) is 9.59 Å². The van der Waals surface area contributed by atoms with Crippen LogP contribution in [0.4, 0.5) is 0 Å². The van der Waals surface area contributed by atoms with Gasteiger partial charge in [-0.15, -0.1) is 6.58 Å². The number of ether oxygens (including phenoxy) is 1. The fourth-order valence-corrected chi connectivity index (χ4v) is 3.49. The number of aromatic nitrogens is 2. The average Bonchev–Trinajstić information content (AvgIpc) is 2.76. The van der Waals surface area contributed by atoms with Gasteiger partial charge in [0.2, 0.25) is 0 Å². The van der Waals surface area contributed by atoms with E-state index >= 15 is 0 Å². The van der Waals surface area contributed by atoms with Gasteiger partial charge in [-0.3, -0.25) is 14.2 Å². The first kappa shape index (κ1) is 23.5. The second-order valence-electron chi connectivity index (χ2n) is 7.46. The number of H-pyrrole nitrogens is 1. The van der Waals surface area contributed by atoms with Gasteiger partial charge in [-0.1, -0.05) is 75.8 Å². The van der Waals surface area contributed by atoms with Crippen LogP contribution < -0.4 is 26.6 Å². The normalized spacial score (nSPS) is 12.3. The van der Waals surface area contributed by atoms with Crippen molar-refractivity contribution in [2.75, 3.05) is 7.11 Å². The lowest BCUT2D eigenvalue weighted by Crippen LogP contribution is -2.53. The van der Waals surface area contributed by atoms with Crippen LogP contribution in [-0.2, 0) is 6.54 Å². The molecule has 0 unspecified atom stereocenters.